The maximum Gasteiger partial charge on any atom is 0.272 e. The molecule has 0 unspecified atom stereocenters. The molecular formula is C26H25N5O3. The number of hydrogen-bond acceptors (Lipinski definition) is 4. The van der Waals surface area contributed by atoms with Crippen molar-refractivity contribution in [2.75, 3.05) is 21.1 Å². The van der Waals surface area contributed by atoms with Gasteiger partial charge in [-0.05, 0) is 53.1 Å². The predicted octanol–water partition coefficient (Wildman–Crippen LogP) is 2.99. The minimum atomic E-state index is -0.290. The Morgan fingerprint density at radius 2 is 1.56 bits per heavy atom. The zero-order valence-corrected chi connectivity index (χ0v) is 19.2. The van der Waals surface area contributed by atoms with Gasteiger partial charge in [0.1, 0.15) is 6.33 Å². The number of rotatable bonds is 6. The van der Waals surface area contributed by atoms with Gasteiger partial charge in [0.25, 0.3) is 17.7 Å². The van der Waals surface area contributed by atoms with Gasteiger partial charge in [-0.3, -0.25) is 14.4 Å². The molecular weight excluding hydrogens is 430 g/mol. The quantitative estimate of drug-likeness (QED) is 0.467. The molecule has 8 nitrogen and oxygen atoms in total. The molecule has 3 amide bonds. The van der Waals surface area contributed by atoms with Crippen molar-refractivity contribution in [3.63, 3.8) is 0 Å². The molecule has 0 aliphatic heterocycles. The number of fused-ring (bicyclic) bond motifs is 1. The van der Waals surface area contributed by atoms with Crippen LogP contribution in [0.15, 0.2) is 73.2 Å². The number of aromatic nitrogens is 2. The molecule has 172 valence electrons. The zero-order valence-electron chi connectivity index (χ0n) is 19.2. The van der Waals surface area contributed by atoms with Crippen molar-refractivity contribution in [1.82, 2.24) is 24.9 Å². The fraction of sp³-hybridized carbons (Fsp3) is 0.154. The topological polar surface area (TPSA) is 95.8 Å². The van der Waals surface area contributed by atoms with Gasteiger partial charge < -0.3 is 19.9 Å². The van der Waals surface area contributed by atoms with Gasteiger partial charge in [0.05, 0.1) is 5.52 Å². The van der Waals surface area contributed by atoms with E-state index in [1.807, 2.05) is 30.5 Å². The van der Waals surface area contributed by atoms with Crippen LogP contribution in [0, 0.1) is 0 Å². The van der Waals surface area contributed by atoms with E-state index in [0.717, 1.165) is 16.7 Å². The monoisotopic (exact) mass is 455 g/mol. The van der Waals surface area contributed by atoms with Crippen LogP contribution in [0.1, 0.15) is 36.8 Å². The van der Waals surface area contributed by atoms with Crippen LogP contribution in [-0.4, -0.2) is 53.1 Å². The van der Waals surface area contributed by atoms with Crippen molar-refractivity contribution < 1.29 is 14.4 Å². The molecule has 0 radical (unpaired) electrons. The first kappa shape index (κ1) is 22.7. The molecule has 0 fully saturated rings. The summed E-state index contributed by atoms with van der Waals surface area (Å²) in [5.41, 5.74) is 4.89. The molecule has 8 heteroatoms. The number of amides is 3. The lowest BCUT2D eigenvalue weighted by Crippen LogP contribution is -2.23. The van der Waals surface area contributed by atoms with E-state index in [4.69, 9.17) is 0 Å². The van der Waals surface area contributed by atoms with Gasteiger partial charge in [-0.25, -0.2) is 4.98 Å². The van der Waals surface area contributed by atoms with Crippen molar-refractivity contribution in [3.05, 3.63) is 95.6 Å². The van der Waals surface area contributed by atoms with E-state index in [-0.39, 0.29) is 17.7 Å². The van der Waals surface area contributed by atoms with Crippen molar-refractivity contribution >= 4 is 23.2 Å². The van der Waals surface area contributed by atoms with Crippen LogP contribution in [0.4, 0.5) is 0 Å². The molecule has 0 saturated carbocycles. The van der Waals surface area contributed by atoms with Gasteiger partial charge in [-0.1, -0.05) is 24.3 Å². The smallest absolute Gasteiger partial charge is 0.272 e. The molecule has 2 aromatic carbocycles. The summed E-state index contributed by atoms with van der Waals surface area (Å²) in [7, 11) is 5.02. The molecule has 4 rings (SSSR count). The van der Waals surface area contributed by atoms with E-state index in [0.29, 0.717) is 28.9 Å². The molecule has 0 aliphatic rings. The van der Waals surface area contributed by atoms with E-state index >= 15 is 0 Å². The predicted molar refractivity (Wildman–Crippen MR) is 130 cm³/mol. The van der Waals surface area contributed by atoms with E-state index < -0.39 is 0 Å². The van der Waals surface area contributed by atoms with Gasteiger partial charge in [0.2, 0.25) is 0 Å². The Balaban J connectivity index is 1.51. The van der Waals surface area contributed by atoms with Crippen molar-refractivity contribution in [2.24, 2.45) is 0 Å². The highest BCUT2D eigenvalue weighted by molar-refractivity contribution is 5.99. The Kier molecular flexibility index (Phi) is 6.40. The largest absolute Gasteiger partial charge is 0.355 e. The minimum absolute atomic E-state index is 0.0555. The average molecular weight is 456 g/mol. The first-order valence-electron chi connectivity index (χ1n) is 10.8. The maximum atomic E-state index is 12.9. The van der Waals surface area contributed by atoms with Crippen LogP contribution in [0.5, 0.6) is 0 Å². The molecule has 0 saturated heterocycles. The summed E-state index contributed by atoms with van der Waals surface area (Å²) >= 11 is 0. The summed E-state index contributed by atoms with van der Waals surface area (Å²) in [4.78, 5) is 42.5. The molecule has 34 heavy (non-hydrogen) atoms. The Morgan fingerprint density at radius 1 is 0.882 bits per heavy atom. The summed E-state index contributed by atoms with van der Waals surface area (Å²) in [6, 6.07) is 18.3. The molecule has 2 aromatic heterocycles. The summed E-state index contributed by atoms with van der Waals surface area (Å²) in [6.45, 7) is 0.312. The van der Waals surface area contributed by atoms with E-state index in [1.165, 1.54) is 4.90 Å². The lowest BCUT2D eigenvalue weighted by atomic mass is 10.0. The molecule has 0 bridgehead atoms. The lowest BCUT2D eigenvalue weighted by molar-refractivity contribution is 0.0827. The molecule has 4 aromatic rings. The van der Waals surface area contributed by atoms with Crippen molar-refractivity contribution in [2.45, 2.75) is 6.54 Å². The number of hydrogen-bond donors (Lipinski definition) is 2. The highest BCUT2D eigenvalue weighted by atomic mass is 16.2. The van der Waals surface area contributed by atoms with E-state index in [2.05, 4.69) is 15.6 Å². The first-order chi connectivity index (χ1) is 16.4. The SMILES string of the molecule is CNC(=O)c1ccc(CNC(=O)c2ncn3ccc(-c4ccc(C(=O)N(C)C)cc4)cc23)cc1. The van der Waals surface area contributed by atoms with Gasteiger partial charge in [-0.15, -0.1) is 0 Å². The Labute approximate surface area is 197 Å². The van der Waals surface area contributed by atoms with Gasteiger partial charge in [0, 0.05) is 45.0 Å². The number of carbonyl (C=O) groups is 3. The molecule has 0 aliphatic carbocycles. The first-order valence-corrected chi connectivity index (χ1v) is 10.8. The van der Waals surface area contributed by atoms with Crippen LogP contribution in [0.3, 0.4) is 0 Å². The summed E-state index contributed by atoms with van der Waals surface area (Å²) in [6.07, 6.45) is 3.45. The van der Waals surface area contributed by atoms with E-state index in [1.54, 1.807) is 68.3 Å². The third kappa shape index (κ3) is 4.66. The fourth-order valence-corrected chi connectivity index (χ4v) is 3.59. The average Bonchev–Trinajstić information content (AvgIpc) is 3.30. The Morgan fingerprint density at radius 3 is 2.21 bits per heavy atom. The van der Waals surface area contributed by atoms with Crippen LogP contribution in [-0.2, 0) is 6.54 Å². The van der Waals surface area contributed by atoms with Crippen LogP contribution >= 0.6 is 0 Å². The molecule has 2 N–H and O–H groups in total. The molecule has 0 atom stereocenters. The Bertz CT molecular complexity index is 1360. The molecule has 0 spiro atoms. The number of imidazole rings is 1. The third-order valence-corrected chi connectivity index (χ3v) is 5.52. The summed E-state index contributed by atoms with van der Waals surface area (Å²) in [5.74, 6) is -0.503. The second kappa shape index (κ2) is 9.58. The number of benzene rings is 2. The van der Waals surface area contributed by atoms with Crippen LogP contribution in [0.25, 0.3) is 16.6 Å². The second-order valence-electron chi connectivity index (χ2n) is 8.04. The minimum Gasteiger partial charge on any atom is -0.355 e. The highest BCUT2D eigenvalue weighted by Gasteiger charge is 2.15. The number of pyridine rings is 1. The summed E-state index contributed by atoms with van der Waals surface area (Å²) in [5, 5.41) is 5.47. The number of carbonyl (C=O) groups excluding carboxylic acids is 3. The van der Waals surface area contributed by atoms with E-state index in [9.17, 15) is 14.4 Å². The molecule has 2 heterocycles. The number of nitrogens with zero attached hydrogens (tertiary/aromatic N) is 3. The van der Waals surface area contributed by atoms with Crippen molar-refractivity contribution in [1.29, 1.82) is 0 Å². The van der Waals surface area contributed by atoms with Crippen molar-refractivity contribution in [3.8, 4) is 11.1 Å². The van der Waals surface area contributed by atoms with Gasteiger partial charge >= 0.3 is 0 Å². The number of nitrogens with one attached hydrogen (secondary N) is 2. The second-order valence-corrected chi connectivity index (χ2v) is 8.04. The highest BCUT2D eigenvalue weighted by Crippen LogP contribution is 2.23. The fourth-order valence-electron chi connectivity index (χ4n) is 3.59. The third-order valence-electron chi connectivity index (χ3n) is 5.52. The lowest BCUT2D eigenvalue weighted by Gasteiger charge is -2.11. The normalized spacial score (nSPS) is 10.7. The van der Waals surface area contributed by atoms with Gasteiger partial charge in [-0.2, -0.15) is 0 Å². The summed E-state index contributed by atoms with van der Waals surface area (Å²) < 4.78 is 1.79. The zero-order chi connectivity index (χ0) is 24.2. The van der Waals surface area contributed by atoms with Crippen LogP contribution < -0.4 is 10.6 Å². The Hall–Kier alpha value is -4.46. The maximum absolute atomic E-state index is 12.9. The van der Waals surface area contributed by atoms with Crippen LogP contribution in [0.2, 0.25) is 0 Å². The standard InChI is InChI=1S/C26H25N5O3/c1-27-24(32)19-6-4-17(5-7-19)15-28-25(33)23-22-14-21(12-13-31(22)16-29-23)18-8-10-20(11-9-18)26(34)30(2)3/h4-14,16H,15H2,1-3H3,(H,27,32)(H,28,33). The van der Waals surface area contributed by atoms with Gasteiger partial charge in [0.15, 0.2) is 5.69 Å².